The molecule has 20 heavy (non-hydrogen) atoms. The Hall–Kier alpha value is -1.56. The van der Waals surface area contributed by atoms with Crippen molar-refractivity contribution in [3.63, 3.8) is 0 Å². The van der Waals surface area contributed by atoms with E-state index in [9.17, 15) is 4.79 Å². The fraction of sp³-hybridized carbons (Fsp3) is 0.714. The number of hydrogen-bond acceptors (Lipinski definition) is 4. The van der Waals surface area contributed by atoms with E-state index < -0.39 is 5.91 Å². The molecule has 108 valence electrons. The molecule has 0 spiro atoms. The number of nitrogens with one attached hydrogen (secondary N) is 2. The van der Waals surface area contributed by atoms with E-state index in [0.717, 1.165) is 23.6 Å². The van der Waals surface area contributed by atoms with E-state index in [2.05, 4.69) is 15.4 Å². The Morgan fingerprint density at radius 1 is 1.20 bits per heavy atom. The lowest BCUT2D eigenvalue weighted by molar-refractivity contribution is -0.00900. The van der Waals surface area contributed by atoms with Crippen LogP contribution in [-0.4, -0.2) is 15.9 Å². The number of hydrazine groups is 1. The van der Waals surface area contributed by atoms with Gasteiger partial charge >= 0.3 is 0 Å². The number of nitrogens with zero attached hydrogens (tertiary/aromatic N) is 1. The second-order valence-electron chi connectivity index (χ2n) is 7.02. The zero-order valence-corrected chi connectivity index (χ0v) is 11.5. The molecule has 0 radical (unpaired) electrons. The van der Waals surface area contributed by atoms with E-state index >= 15 is 0 Å². The van der Waals surface area contributed by atoms with Gasteiger partial charge in [-0.2, -0.15) is 0 Å². The second-order valence-corrected chi connectivity index (χ2v) is 7.02. The number of nitrogen functional groups attached to an aromatic ring is 1. The minimum absolute atomic E-state index is 0.119. The molecule has 4 aliphatic rings. The molecule has 5 rings (SSSR count). The van der Waals surface area contributed by atoms with Gasteiger partial charge in [-0.3, -0.25) is 4.79 Å². The number of aromatic amines is 1. The third kappa shape index (κ3) is 1.60. The number of rotatable bonds is 3. The van der Waals surface area contributed by atoms with Crippen molar-refractivity contribution in [3.8, 4) is 0 Å². The third-order valence-corrected chi connectivity index (χ3v) is 5.63. The van der Waals surface area contributed by atoms with Gasteiger partial charge in [0.15, 0.2) is 5.82 Å². The average molecular weight is 275 g/mol. The molecule has 1 heterocycles. The number of carbonyl (C=O) groups is 1. The van der Waals surface area contributed by atoms with Crippen LogP contribution in [0.4, 0.5) is 5.82 Å². The van der Waals surface area contributed by atoms with Crippen LogP contribution in [0.25, 0.3) is 0 Å². The molecule has 0 aliphatic heterocycles. The number of amides is 1. The fourth-order valence-corrected chi connectivity index (χ4v) is 5.31. The molecule has 1 aromatic heterocycles. The Labute approximate surface area is 117 Å². The van der Waals surface area contributed by atoms with Crippen LogP contribution in [0.5, 0.6) is 0 Å². The Morgan fingerprint density at radius 2 is 1.75 bits per heavy atom. The number of hydrogen-bond donors (Lipinski definition) is 4. The fourth-order valence-electron chi connectivity index (χ4n) is 5.31. The molecule has 1 aromatic rings. The summed E-state index contributed by atoms with van der Waals surface area (Å²) < 4.78 is 0. The molecule has 0 atom stereocenters. The van der Waals surface area contributed by atoms with Gasteiger partial charge in [0, 0.05) is 5.41 Å². The van der Waals surface area contributed by atoms with Gasteiger partial charge < -0.3 is 16.1 Å². The van der Waals surface area contributed by atoms with Gasteiger partial charge in [0.25, 0.3) is 5.91 Å². The number of primary amides is 1. The highest BCUT2D eigenvalue weighted by atomic mass is 16.1. The highest BCUT2D eigenvalue weighted by Crippen LogP contribution is 2.60. The number of nitrogens with two attached hydrogens (primary N) is 2. The quantitative estimate of drug-likeness (QED) is 0.491. The molecular formula is C14H21N5O. The molecule has 6 nitrogen and oxygen atoms in total. The first-order valence-corrected chi connectivity index (χ1v) is 7.46. The minimum atomic E-state index is -0.513. The van der Waals surface area contributed by atoms with Crippen LogP contribution in [0.2, 0.25) is 0 Å². The number of anilines is 1. The standard InChI is InChI=1S/C14H21N5O/c15-11(20)10-12(19-16)18-13(17-10)14-4-7-1-8(5-14)3-9(2-7)6-14/h7-9,19H,1-6,16H2,(H2,15,20)(H,17,18). The van der Waals surface area contributed by atoms with Gasteiger partial charge in [0.2, 0.25) is 0 Å². The lowest BCUT2D eigenvalue weighted by Crippen LogP contribution is -2.49. The van der Waals surface area contributed by atoms with Crippen molar-refractivity contribution in [1.82, 2.24) is 9.97 Å². The molecule has 4 fully saturated rings. The summed E-state index contributed by atoms with van der Waals surface area (Å²) in [7, 11) is 0. The van der Waals surface area contributed by atoms with Crippen LogP contribution >= 0.6 is 0 Å². The van der Waals surface area contributed by atoms with Crippen LogP contribution in [0.3, 0.4) is 0 Å². The molecule has 0 unspecified atom stereocenters. The summed E-state index contributed by atoms with van der Waals surface area (Å²) in [6.07, 6.45) is 7.71. The van der Waals surface area contributed by atoms with E-state index in [-0.39, 0.29) is 5.41 Å². The summed E-state index contributed by atoms with van der Waals surface area (Å²) in [6, 6.07) is 0. The van der Waals surface area contributed by atoms with Crippen LogP contribution in [0.15, 0.2) is 0 Å². The van der Waals surface area contributed by atoms with Crippen molar-refractivity contribution in [2.75, 3.05) is 5.43 Å². The maximum absolute atomic E-state index is 11.5. The van der Waals surface area contributed by atoms with Gasteiger partial charge in [-0.05, 0) is 56.3 Å². The van der Waals surface area contributed by atoms with Gasteiger partial charge in [-0.25, -0.2) is 10.8 Å². The highest BCUT2D eigenvalue weighted by Gasteiger charge is 2.53. The SMILES string of the molecule is NNc1nc(C23CC4CC(CC(C4)C2)C3)[nH]c1C(N)=O. The summed E-state index contributed by atoms with van der Waals surface area (Å²) in [5.41, 5.74) is 8.30. The number of imidazole rings is 1. The Morgan fingerprint density at radius 3 is 2.15 bits per heavy atom. The molecule has 0 aromatic carbocycles. The van der Waals surface area contributed by atoms with Crippen molar-refractivity contribution in [1.29, 1.82) is 0 Å². The zero-order chi connectivity index (χ0) is 13.9. The van der Waals surface area contributed by atoms with Crippen LogP contribution in [-0.2, 0) is 5.41 Å². The zero-order valence-electron chi connectivity index (χ0n) is 11.5. The molecule has 6 N–H and O–H groups in total. The third-order valence-electron chi connectivity index (χ3n) is 5.63. The van der Waals surface area contributed by atoms with Crippen LogP contribution in [0, 0.1) is 17.8 Å². The van der Waals surface area contributed by atoms with Crippen molar-refractivity contribution in [3.05, 3.63) is 11.5 Å². The second kappa shape index (κ2) is 3.97. The molecule has 1 amide bonds. The first-order valence-electron chi connectivity index (χ1n) is 7.46. The maximum atomic E-state index is 11.5. The maximum Gasteiger partial charge on any atom is 0.269 e. The molecular weight excluding hydrogens is 254 g/mol. The summed E-state index contributed by atoms with van der Waals surface area (Å²) in [6.45, 7) is 0. The van der Waals surface area contributed by atoms with Crippen LogP contribution in [0.1, 0.15) is 54.8 Å². The van der Waals surface area contributed by atoms with E-state index in [0.29, 0.717) is 11.5 Å². The van der Waals surface area contributed by atoms with E-state index in [1.165, 1.54) is 38.5 Å². The Kier molecular flexibility index (Phi) is 2.42. The first kappa shape index (κ1) is 12.2. The van der Waals surface area contributed by atoms with Crippen molar-refractivity contribution in [2.24, 2.45) is 29.3 Å². The first-order chi connectivity index (χ1) is 9.59. The molecule has 6 heteroatoms. The molecule has 4 aliphatic carbocycles. The summed E-state index contributed by atoms with van der Waals surface area (Å²) in [4.78, 5) is 19.2. The van der Waals surface area contributed by atoms with Crippen molar-refractivity contribution < 1.29 is 4.79 Å². The average Bonchev–Trinajstić information content (AvgIpc) is 2.82. The van der Waals surface area contributed by atoms with Crippen molar-refractivity contribution >= 4 is 11.7 Å². The highest BCUT2D eigenvalue weighted by molar-refractivity contribution is 5.95. The van der Waals surface area contributed by atoms with Crippen LogP contribution < -0.4 is 17.0 Å². The van der Waals surface area contributed by atoms with Crippen molar-refractivity contribution in [2.45, 2.75) is 43.9 Å². The Bertz CT molecular complexity index is 529. The van der Waals surface area contributed by atoms with Gasteiger partial charge in [-0.1, -0.05) is 0 Å². The van der Waals surface area contributed by atoms with E-state index in [4.69, 9.17) is 11.6 Å². The van der Waals surface area contributed by atoms with Gasteiger partial charge in [0.05, 0.1) is 0 Å². The number of H-pyrrole nitrogens is 1. The van der Waals surface area contributed by atoms with E-state index in [1.54, 1.807) is 0 Å². The summed E-state index contributed by atoms with van der Waals surface area (Å²) >= 11 is 0. The largest absolute Gasteiger partial charge is 0.364 e. The van der Waals surface area contributed by atoms with Gasteiger partial charge in [-0.15, -0.1) is 0 Å². The van der Waals surface area contributed by atoms with Gasteiger partial charge in [0.1, 0.15) is 11.5 Å². The lowest BCUT2D eigenvalue weighted by Gasteiger charge is -2.55. The topological polar surface area (TPSA) is 110 Å². The Balaban J connectivity index is 1.75. The summed E-state index contributed by atoms with van der Waals surface area (Å²) in [5, 5.41) is 0. The molecule has 4 bridgehead atoms. The predicted molar refractivity (Wildman–Crippen MR) is 74.8 cm³/mol. The lowest BCUT2D eigenvalue weighted by atomic mass is 9.49. The molecule has 4 saturated carbocycles. The monoisotopic (exact) mass is 275 g/mol. The normalized spacial score (nSPS) is 38.1. The number of carbonyl (C=O) groups excluding carboxylic acids is 1. The number of aromatic nitrogens is 2. The van der Waals surface area contributed by atoms with E-state index in [1.807, 2.05) is 0 Å². The summed E-state index contributed by atoms with van der Waals surface area (Å²) in [5.74, 6) is 8.73. The smallest absolute Gasteiger partial charge is 0.269 e. The molecule has 0 saturated heterocycles. The predicted octanol–water partition coefficient (Wildman–Crippen LogP) is 1.26. The minimum Gasteiger partial charge on any atom is -0.364 e.